The number of aliphatic hydroxyl groups is 1. The van der Waals surface area contributed by atoms with Crippen LogP contribution in [0.1, 0.15) is 22.4 Å². The van der Waals surface area contributed by atoms with Crippen LogP contribution in [0.5, 0.6) is 0 Å². The van der Waals surface area contributed by atoms with Crippen LogP contribution in [0, 0.1) is 11.8 Å². The first-order chi connectivity index (χ1) is 19.2. The summed E-state index contributed by atoms with van der Waals surface area (Å²) >= 11 is 0. The van der Waals surface area contributed by atoms with E-state index in [0.29, 0.717) is 36.5 Å². The van der Waals surface area contributed by atoms with E-state index in [0.717, 1.165) is 54.3 Å². The Hall–Kier alpha value is -3.19. The second-order valence-electron chi connectivity index (χ2n) is 10.6. The molecule has 0 bridgehead atoms. The van der Waals surface area contributed by atoms with Crippen LogP contribution in [0.3, 0.4) is 0 Å². The first kappa shape index (κ1) is 28.3. The van der Waals surface area contributed by atoms with Crippen LogP contribution in [-0.2, 0) is 36.2 Å². The van der Waals surface area contributed by atoms with Crippen molar-refractivity contribution in [1.82, 2.24) is 19.0 Å². The maximum absolute atomic E-state index is 13.1. The fourth-order valence-corrected chi connectivity index (χ4v) is 6.51. The van der Waals surface area contributed by atoms with Gasteiger partial charge in [0.1, 0.15) is 12.4 Å². The number of β-amino-alcohol motifs (C(OH)–C–C–N with tert-alkyl or cyclic N) is 1. The highest BCUT2D eigenvalue weighted by atomic mass is 32.2. The second kappa shape index (κ2) is 11.7. The van der Waals surface area contributed by atoms with Crippen molar-refractivity contribution in [2.75, 3.05) is 50.4 Å². The van der Waals surface area contributed by atoms with Crippen LogP contribution < -0.4 is 4.90 Å². The summed E-state index contributed by atoms with van der Waals surface area (Å²) in [6, 6.07) is 12.6. The molecule has 2 aromatic carbocycles. The highest BCUT2D eigenvalue weighted by molar-refractivity contribution is 7.88. The van der Waals surface area contributed by atoms with Gasteiger partial charge in [0, 0.05) is 69.1 Å². The molecule has 2 aliphatic heterocycles. The van der Waals surface area contributed by atoms with E-state index in [4.69, 9.17) is 5.10 Å². The largest absolute Gasteiger partial charge is 0.390 e. The van der Waals surface area contributed by atoms with E-state index in [1.54, 1.807) is 30.3 Å². The molecule has 1 N–H and O–H groups in total. The van der Waals surface area contributed by atoms with Crippen molar-refractivity contribution in [2.24, 2.45) is 5.18 Å². The van der Waals surface area contributed by atoms with E-state index in [1.165, 1.54) is 10.6 Å². The van der Waals surface area contributed by atoms with Crippen molar-refractivity contribution in [3.8, 4) is 11.3 Å². The molecule has 1 fully saturated rings. The zero-order valence-electron chi connectivity index (χ0n) is 22.8. The first-order valence-corrected chi connectivity index (χ1v) is 15.3. The van der Waals surface area contributed by atoms with Gasteiger partial charge in [0.15, 0.2) is 0 Å². The van der Waals surface area contributed by atoms with Crippen LogP contribution in [0.2, 0.25) is 0 Å². The molecule has 0 amide bonds. The molecule has 0 aliphatic carbocycles. The minimum atomic E-state index is -3.38. The van der Waals surface area contributed by atoms with Crippen molar-refractivity contribution in [1.29, 1.82) is 0 Å². The molecule has 40 heavy (non-hydrogen) atoms. The first-order valence-electron chi connectivity index (χ1n) is 13.4. The molecular weight excluding hydrogens is 535 g/mol. The number of aryl methyl sites for hydroxylation is 1. The molecule has 0 radical (unpaired) electrons. The molecule has 3 aromatic rings. The number of nitroso groups, excluding NO2 is 1. The van der Waals surface area contributed by atoms with E-state index < -0.39 is 22.8 Å². The lowest BCUT2D eigenvalue weighted by atomic mass is 10.0. The van der Waals surface area contributed by atoms with Crippen molar-refractivity contribution in [3.63, 3.8) is 0 Å². The van der Waals surface area contributed by atoms with E-state index >= 15 is 0 Å². The average Bonchev–Trinajstić information content (AvgIpc) is 3.30. The number of alkyl halides is 1. The molecule has 1 aromatic heterocycles. The number of nitrogens with zero attached hydrogens (tertiary/aromatic N) is 6. The quantitative estimate of drug-likeness (QED) is 0.393. The summed E-state index contributed by atoms with van der Waals surface area (Å²) in [4.78, 5) is 15.7. The summed E-state index contributed by atoms with van der Waals surface area (Å²) in [6.07, 6.45) is 1.01. The number of hydrogen-bond acceptors (Lipinski definition) is 8. The second-order valence-corrected chi connectivity index (χ2v) is 12.6. The number of hydrogen-bond donors (Lipinski definition) is 1. The van der Waals surface area contributed by atoms with Gasteiger partial charge in [-0.3, -0.25) is 9.58 Å². The van der Waals surface area contributed by atoms with Gasteiger partial charge in [-0.15, -0.1) is 4.91 Å². The molecule has 1 saturated heterocycles. The van der Waals surface area contributed by atoms with Crippen molar-refractivity contribution < 1.29 is 17.9 Å². The number of para-hydroxylation sites is 1. The summed E-state index contributed by atoms with van der Waals surface area (Å²) in [5.41, 5.74) is 6.08. The van der Waals surface area contributed by atoms with Crippen LogP contribution >= 0.6 is 0 Å². The maximum Gasteiger partial charge on any atom is 0.211 e. The molecule has 214 valence electrons. The number of aliphatic hydroxyl groups excluding tert-OH is 1. The molecule has 3 heterocycles. The topological polar surface area (TPSA) is 111 Å². The summed E-state index contributed by atoms with van der Waals surface area (Å²) in [5.74, 6) is 0. The number of halogens is 1. The highest BCUT2D eigenvalue weighted by Gasteiger charge is 2.31. The van der Waals surface area contributed by atoms with Crippen molar-refractivity contribution >= 4 is 21.4 Å². The van der Waals surface area contributed by atoms with Gasteiger partial charge in [0.25, 0.3) is 0 Å². The molecule has 0 saturated carbocycles. The lowest BCUT2D eigenvalue weighted by molar-refractivity contribution is 0.0911. The molecule has 1 atom stereocenters. The van der Waals surface area contributed by atoms with Gasteiger partial charge < -0.3 is 10.0 Å². The van der Waals surface area contributed by atoms with E-state index in [1.807, 2.05) is 23.7 Å². The molecule has 12 heteroatoms. The number of benzene rings is 2. The number of anilines is 1. The van der Waals surface area contributed by atoms with E-state index in [2.05, 4.69) is 15.0 Å². The van der Waals surface area contributed by atoms with Crippen molar-refractivity contribution in [3.05, 3.63) is 69.8 Å². The number of sulfonamides is 1. The Morgan fingerprint density at radius 1 is 1.05 bits per heavy atom. The monoisotopic (exact) mass is 570 g/mol. The lowest BCUT2D eigenvalue weighted by Gasteiger charge is -2.37. The van der Waals surface area contributed by atoms with Gasteiger partial charge in [-0.1, -0.05) is 36.4 Å². The summed E-state index contributed by atoms with van der Waals surface area (Å²) in [6.45, 7) is 5.63. The Labute approximate surface area is 234 Å². The summed E-state index contributed by atoms with van der Waals surface area (Å²) in [5, 5.41) is 19.1. The van der Waals surface area contributed by atoms with Crippen LogP contribution in [0.4, 0.5) is 15.8 Å². The summed E-state index contributed by atoms with van der Waals surface area (Å²) in [7, 11) is -3.38. The number of aromatic nitrogens is 2. The third-order valence-electron chi connectivity index (χ3n) is 7.81. The Bertz CT molecular complexity index is 1470. The van der Waals surface area contributed by atoms with Gasteiger partial charge >= 0.3 is 0 Å². The van der Waals surface area contributed by atoms with Gasteiger partial charge in [-0.25, -0.2) is 12.8 Å². The van der Waals surface area contributed by atoms with Crippen LogP contribution in [0.15, 0.2) is 47.6 Å². The SMILES string of the molecule is Cc1cccc(N=O)c1N1CCN(CC(O)Cn2nc(-c3ccc(CF)cc3)c3c2CCN(S(C)(=O)=O)C3)CC1. The molecule has 1 unspecified atom stereocenters. The minimum Gasteiger partial charge on any atom is -0.390 e. The highest BCUT2D eigenvalue weighted by Crippen LogP contribution is 2.33. The zero-order chi connectivity index (χ0) is 28.4. The summed E-state index contributed by atoms with van der Waals surface area (Å²) < 4.78 is 40.9. The van der Waals surface area contributed by atoms with Gasteiger partial charge in [-0.2, -0.15) is 9.40 Å². The smallest absolute Gasteiger partial charge is 0.211 e. The van der Waals surface area contributed by atoms with E-state index in [9.17, 15) is 22.8 Å². The van der Waals surface area contributed by atoms with E-state index in [-0.39, 0.29) is 13.1 Å². The van der Waals surface area contributed by atoms with Gasteiger partial charge in [0.05, 0.1) is 30.3 Å². The Morgan fingerprint density at radius 2 is 1.77 bits per heavy atom. The van der Waals surface area contributed by atoms with Crippen LogP contribution in [0.25, 0.3) is 11.3 Å². The Morgan fingerprint density at radius 3 is 2.42 bits per heavy atom. The molecule has 0 spiro atoms. The van der Waals surface area contributed by atoms with Gasteiger partial charge in [-0.05, 0) is 29.3 Å². The molecule has 2 aliphatic rings. The number of rotatable bonds is 9. The Kier molecular flexibility index (Phi) is 8.31. The number of piperazine rings is 1. The molecular formula is C28H35FN6O4S. The van der Waals surface area contributed by atoms with Crippen molar-refractivity contribution in [2.45, 2.75) is 39.2 Å². The van der Waals surface area contributed by atoms with Gasteiger partial charge in [0.2, 0.25) is 10.0 Å². The minimum absolute atomic E-state index is 0.211. The molecule has 10 nitrogen and oxygen atoms in total. The normalized spacial score (nSPS) is 17.6. The Balaban J connectivity index is 1.30. The third kappa shape index (κ3) is 5.95. The predicted octanol–water partition coefficient (Wildman–Crippen LogP) is 3.23. The average molecular weight is 571 g/mol. The maximum atomic E-state index is 13.1. The fourth-order valence-electron chi connectivity index (χ4n) is 5.72. The zero-order valence-corrected chi connectivity index (χ0v) is 23.6. The lowest BCUT2D eigenvalue weighted by Crippen LogP contribution is -2.49. The molecule has 5 rings (SSSR count). The predicted molar refractivity (Wildman–Crippen MR) is 153 cm³/mol. The third-order valence-corrected chi connectivity index (χ3v) is 9.06. The fraction of sp³-hybridized carbons (Fsp3) is 0.464. The van der Waals surface area contributed by atoms with Crippen LogP contribution in [-0.4, -0.2) is 84.1 Å². The standard InChI is InChI=1S/C28H35FN6O4S/c1-20-4-3-5-25(31-37)28(20)33-14-12-32(13-15-33)17-23(36)18-35-26-10-11-34(40(2,38)39)19-24(26)27(30-35)22-8-6-21(16-29)7-9-22/h3-9,23,36H,10-19H2,1-2H3. The number of fused-ring (bicyclic) bond motifs is 1.